The van der Waals surface area contributed by atoms with Gasteiger partial charge in [-0.25, -0.2) is 9.07 Å². The Bertz CT molecular complexity index is 1550. The second-order valence-corrected chi connectivity index (χ2v) is 9.43. The van der Waals surface area contributed by atoms with Crippen molar-refractivity contribution in [3.63, 3.8) is 0 Å². The normalized spacial score (nSPS) is 17.7. The molecule has 0 spiro atoms. The number of nitrogens with zero attached hydrogens (tertiary/aromatic N) is 7. The van der Waals surface area contributed by atoms with Crippen LogP contribution in [0.2, 0.25) is 0 Å². The molecule has 1 aliphatic heterocycles. The van der Waals surface area contributed by atoms with Crippen molar-refractivity contribution in [3.05, 3.63) is 41.1 Å². The van der Waals surface area contributed by atoms with E-state index in [0.717, 1.165) is 5.69 Å². The van der Waals surface area contributed by atoms with Crippen LogP contribution < -0.4 is 9.47 Å². The van der Waals surface area contributed by atoms with E-state index in [1.165, 1.54) is 6.07 Å². The van der Waals surface area contributed by atoms with Crippen LogP contribution in [-0.4, -0.2) is 72.2 Å². The fourth-order valence-electron chi connectivity index (χ4n) is 4.67. The first-order chi connectivity index (χ1) is 18.3. The number of nitrogens with one attached hydrogen (secondary N) is 1. The highest BCUT2D eigenvalue weighted by Crippen LogP contribution is 2.36. The van der Waals surface area contributed by atoms with Crippen molar-refractivity contribution in [1.29, 1.82) is 5.26 Å². The minimum absolute atomic E-state index is 0.115. The molecule has 2 bridgehead atoms. The lowest BCUT2D eigenvalue weighted by molar-refractivity contribution is 0.146. The van der Waals surface area contributed by atoms with E-state index < -0.39 is 11.9 Å². The molecule has 198 valence electrons. The van der Waals surface area contributed by atoms with E-state index in [2.05, 4.69) is 31.4 Å². The van der Waals surface area contributed by atoms with Crippen LogP contribution in [0.15, 0.2) is 18.3 Å². The summed E-state index contributed by atoms with van der Waals surface area (Å²) in [5, 5.41) is 35.9. The summed E-state index contributed by atoms with van der Waals surface area (Å²) >= 11 is 0. The molecule has 2 N–H and O–H groups in total. The summed E-state index contributed by atoms with van der Waals surface area (Å²) < 4.78 is 30.7. The fourth-order valence-corrected chi connectivity index (χ4v) is 4.67. The van der Waals surface area contributed by atoms with Crippen molar-refractivity contribution in [2.24, 2.45) is 7.05 Å². The van der Waals surface area contributed by atoms with Gasteiger partial charge in [-0.3, -0.25) is 14.7 Å². The summed E-state index contributed by atoms with van der Waals surface area (Å²) in [5.41, 5.74) is 3.50. The van der Waals surface area contributed by atoms with Crippen molar-refractivity contribution in [1.82, 2.24) is 34.7 Å². The molecular formula is C26H29FN8O3. The van der Waals surface area contributed by atoms with Crippen LogP contribution in [0.5, 0.6) is 11.8 Å². The lowest BCUT2D eigenvalue weighted by Gasteiger charge is -2.23. The summed E-state index contributed by atoms with van der Waals surface area (Å²) in [6.45, 7) is 4.72. The van der Waals surface area contributed by atoms with Gasteiger partial charge in [0, 0.05) is 37.2 Å². The van der Waals surface area contributed by atoms with Crippen LogP contribution in [0.4, 0.5) is 4.39 Å². The second kappa shape index (κ2) is 10.3. The molecule has 0 amide bonds. The summed E-state index contributed by atoms with van der Waals surface area (Å²) in [4.78, 5) is 2.06. The Kier molecular flexibility index (Phi) is 6.88. The predicted octanol–water partition coefficient (Wildman–Crippen LogP) is 2.97. The molecule has 0 saturated heterocycles. The van der Waals surface area contributed by atoms with Gasteiger partial charge in [-0.05, 0) is 39.1 Å². The van der Waals surface area contributed by atoms with Crippen LogP contribution >= 0.6 is 0 Å². The van der Waals surface area contributed by atoms with Gasteiger partial charge in [0.15, 0.2) is 6.10 Å². The molecule has 1 unspecified atom stereocenters. The average molecular weight is 521 g/mol. The zero-order chi connectivity index (χ0) is 27.0. The summed E-state index contributed by atoms with van der Waals surface area (Å²) in [6, 6.07) is 5.21. The van der Waals surface area contributed by atoms with Gasteiger partial charge < -0.3 is 14.6 Å². The molecule has 2 atom stereocenters. The molecule has 0 fully saturated rings. The molecule has 0 saturated carbocycles. The number of nitriles is 1. The molecule has 5 rings (SSSR count). The Balaban J connectivity index is 1.71. The van der Waals surface area contributed by atoms with E-state index in [1.54, 1.807) is 41.7 Å². The van der Waals surface area contributed by atoms with Crippen LogP contribution in [0.1, 0.15) is 30.8 Å². The number of aromatic nitrogens is 6. The third-order valence-electron chi connectivity index (χ3n) is 6.41. The molecule has 0 radical (unpaired) electrons. The zero-order valence-corrected chi connectivity index (χ0v) is 21.6. The highest BCUT2D eigenvalue weighted by atomic mass is 19.1. The number of aliphatic hydroxyl groups is 1. The predicted molar refractivity (Wildman–Crippen MR) is 139 cm³/mol. The SMILES string of the molecule is CC1CN(C)Cc2c(c(O[C@@H](C)C#N)nn2CCO)/C=C/c2n[nH]c3cc(F)c(cc23)-c2cnn(C)c2O1. The minimum atomic E-state index is -0.725. The molecular weight excluding hydrogens is 491 g/mol. The number of hydrogen-bond acceptors (Lipinski definition) is 8. The van der Waals surface area contributed by atoms with Gasteiger partial charge in [-0.15, -0.1) is 5.10 Å². The second-order valence-electron chi connectivity index (χ2n) is 9.43. The Hall–Kier alpha value is -4.21. The van der Waals surface area contributed by atoms with Crippen LogP contribution in [0.25, 0.3) is 34.2 Å². The van der Waals surface area contributed by atoms with Crippen molar-refractivity contribution >= 4 is 23.1 Å². The van der Waals surface area contributed by atoms with E-state index >= 15 is 4.39 Å². The zero-order valence-electron chi connectivity index (χ0n) is 21.6. The number of fused-ring (bicyclic) bond motifs is 4. The third kappa shape index (κ3) is 4.73. The molecule has 1 aliphatic rings. The van der Waals surface area contributed by atoms with Crippen LogP contribution in [-0.2, 0) is 20.1 Å². The Labute approximate surface area is 218 Å². The van der Waals surface area contributed by atoms with Crippen molar-refractivity contribution < 1.29 is 19.0 Å². The van der Waals surface area contributed by atoms with Crippen LogP contribution in [0.3, 0.4) is 0 Å². The minimum Gasteiger partial charge on any atom is -0.473 e. The van der Waals surface area contributed by atoms with E-state index in [9.17, 15) is 10.4 Å². The smallest absolute Gasteiger partial charge is 0.241 e. The maximum atomic E-state index is 15.3. The maximum absolute atomic E-state index is 15.3. The lowest BCUT2D eigenvalue weighted by Crippen LogP contribution is -2.32. The number of likely N-dealkylation sites (N-methyl/N-ethyl adjacent to an activating group) is 1. The van der Waals surface area contributed by atoms with Crippen molar-refractivity contribution in [3.8, 4) is 29.0 Å². The number of aryl methyl sites for hydroxylation is 1. The largest absolute Gasteiger partial charge is 0.473 e. The lowest BCUT2D eigenvalue weighted by atomic mass is 10.0. The first-order valence-electron chi connectivity index (χ1n) is 12.3. The standard InChI is InChI=1S/C26H29FN8O3/c1-15(11-28)37-25-17-5-6-22-19-9-18(21(27)10-23(19)31-30-22)20-12-29-34(4)26(20)38-16(2)13-33(3)14-24(17)35(32-25)7-8-36/h5-6,9-10,12,15-16,36H,7-8,13-14H2,1-4H3,(H,30,31)/b6-5+/t15-,16?/m0/s1. The Morgan fingerprint density at radius 1 is 1.32 bits per heavy atom. The number of H-pyrrole nitrogens is 1. The summed E-state index contributed by atoms with van der Waals surface area (Å²) in [5.74, 6) is 0.329. The van der Waals surface area contributed by atoms with Gasteiger partial charge in [0.05, 0.1) is 47.4 Å². The van der Waals surface area contributed by atoms with Gasteiger partial charge in [0.2, 0.25) is 11.8 Å². The number of hydrogen-bond donors (Lipinski definition) is 2. The highest BCUT2D eigenvalue weighted by Gasteiger charge is 2.24. The average Bonchev–Trinajstić information content (AvgIpc) is 3.53. The fraction of sp³-hybridized carbons (Fsp3) is 0.385. The monoisotopic (exact) mass is 520 g/mol. The van der Waals surface area contributed by atoms with Gasteiger partial charge >= 0.3 is 0 Å². The number of aliphatic hydroxyl groups excluding tert-OH is 1. The van der Waals surface area contributed by atoms with Gasteiger partial charge in [0.1, 0.15) is 18.0 Å². The van der Waals surface area contributed by atoms with Crippen molar-refractivity contribution in [2.75, 3.05) is 20.2 Å². The van der Waals surface area contributed by atoms with E-state index in [1.807, 2.05) is 20.0 Å². The number of halogens is 1. The molecule has 3 aromatic heterocycles. The van der Waals surface area contributed by atoms with Gasteiger partial charge in [-0.1, -0.05) is 0 Å². The Morgan fingerprint density at radius 2 is 2.13 bits per heavy atom. The first kappa shape index (κ1) is 25.4. The molecule has 1 aromatic carbocycles. The Morgan fingerprint density at radius 3 is 2.89 bits per heavy atom. The third-order valence-corrected chi connectivity index (χ3v) is 6.41. The van der Waals surface area contributed by atoms with Crippen LogP contribution in [0, 0.1) is 17.1 Å². The number of rotatable bonds is 4. The molecule has 38 heavy (non-hydrogen) atoms. The van der Waals surface area contributed by atoms with Gasteiger partial charge in [-0.2, -0.15) is 15.5 Å². The van der Waals surface area contributed by atoms with E-state index in [0.29, 0.717) is 52.3 Å². The summed E-state index contributed by atoms with van der Waals surface area (Å²) in [6.07, 6.45) is 4.24. The van der Waals surface area contributed by atoms with E-state index in [-0.39, 0.29) is 25.1 Å². The molecule has 4 aromatic rings. The van der Waals surface area contributed by atoms with Crippen molar-refractivity contribution in [2.45, 2.75) is 39.1 Å². The molecule has 11 nitrogen and oxygen atoms in total. The number of ether oxygens (including phenoxy) is 2. The van der Waals surface area contributed by atoms with Gasteiger partial charge in [0.25, 0.3) is 0 Å². The quantitative estimate of drug-likeness (QED) is 0.420. The summed E-state index contributed by atoms with van der Waals surface area (Å²) in [7, 11) is 3.71. The number of aromatic amines is 1. The molecule has 4 heterocycles. The molecule has 0 aliphatic carbocycles. The first-order valence-corrected chi connectivity index (χ1v) is 12.3. The molecule has 12 heteroatoms. The maximum Gasteiger partial charge on any atom is 0.241 e. The highest BCUT2D eigenvalue weighted by molar-refractivity contribution is 5.93. The topological polar surface area (TPSA) is 130 Å². The number of benzene rings is 1. The van der Waals surface area contributed by atoms with E-state index in [4.69, 9.17) is 9.47 Å².